The smallest absolute Gasteiger partial charge is 0.177 e. The molecule has 1 unspecified atom stereocenters. The summed E-state index contributed by atoms with van der Waals surface area (Å²) in [7, 11) is 3.18. The van der Waals surface area contributed by atoms with E-state index in [1.165, 1.54) is 0 Å². The predicted molar refractivity (Wildman–Crippen MR) is 86.4 cm³/mol. The average molecular weight is 310 g/mol. The Balaban J connectivity index is 1.98. The minimum absolute atomic E-state index is 0.0246. The monoisotopic (exact) mass is 310 g/mol. The number of fused-ring (bicyclic) bond motifs is 1. The lowest BCUT2D eigenvalue weighted by Gasteiger charge is -2.24. The van der Waals surface area contributed by atoms with Crippen molar-refractivity contribution in [2.75, 3.05) is 14.2 Å². The van der Waals surface area contributed by atoms with Gasteiger partial charge in [0.05, 0.1) is 14.2 Å². The first-order valence-electron chi connectivity index (χ1n) is 7.52. The molecule has 1 aliphatic carbocycles. The average Bonchev–Trinajstić information content (AvgIpc) is 2.60. The molecule has 118 valence electrons. The highest BCUT2D eigenvalue weighted by atomic mass is 16.5. The topological polar surface area (TPSA) is 52.6 Å². The number of ketones is 2. The van der Waals surface area contributed by atoms with Gasteiger partial charge in [0.1, 0.15) is 23.2 Å². The fourth-order valence-electron chi connectivity index (χ4n) is 2.99. The molecule has 0 radical (unpaired) electrons. The van der Waals surface area contributed by atoms with Crippen LogP contribution in [0.2, 0.25) is 0 Å². The van der Waals surface area contributed by atoms with E-state index in [1.54, 1.807) is 44.6 Å². The third-order valence-electron chi connectivity index (χ3n) is 4.26. The molecule has 0 N–H and O–H groups in total. The maximum absolute atomic E-state index is 12.8. The molecule has 4 nitrogen and oxygen atoms in total. The SMILES string of the molecule is COc1ccc(C(=O)C2C(=O)CCc3cc(OC)ccc32)cc1. The van der Waals surface area contributed by atoms with Crippen molar-refractivity contribution in [1.82, 2.24) is 0 Å². The van der Waals surface area contributed by atoms with Crippen LogP contribution in [0.1, 0.15) is 33.8 Å². The molecule has 0 bridgehead atoms. The van der Waals surface area contributed by atoms with Gasteiger partial charge in [-0.3, -0.25) is 9.59 Å². The van der Waals surface area contributed by atoms with Crippen LogP contribution in [-0.2, 0) is 11.2 Å². The largest absolute Gasteiger partial charge is 0.497 e. The van der Waals surface area contributed by atoms with E-state index in [9.17, 15) is 9.59 Å². The second kappa shape index (κ2) is 6.24. The Morgan fingerprint density at radius 3 is 2.26 bits per heavy atom. The minimum atomic E-state index is -0.724. The van der Waals surface area contributed by atoms with Crippen LogP contribution < -0.4 is 9.47 Å². The summed E-state index contributed by atoms with van der Waals surface area (Å²) < 4.78 is 10.3. The summed E-state index contributed by atoms with van der Waals surface area (Å²) in [5, 5.41) is 0. The van der Waals surface area contributed by atoms with Gasteiger partial charge >= 0.3 is 0 Å². The van der Waals surface area contributed by atoms with E-state index < -0.39 is 5.92 Å². The number of aryl methyl sites for hydroxylation is 1. The maximum atomic E-state index is 12.8. The molecule has 2 aromatic carbocycles. The molecule has 0 heterocycles. The minimum Gasteiger partial charge on any atom is -0.497 e. The van der Waals surface area contributed by atoms with Gasteiger partial charge in [-0.15, -0.1) is 0 Å². The Labute approximate surface area is 135 Å². The second-order valence-electron chi connectivity index (χ2n) is 5.56. The van der Waals surface area contributed by atoms with Crippen LogP contribution in [0, 0.1) is 0 Å². The van der Waals surface area contributed by atoms with Crippen LogP contribution in [-0.4, -0.2) is 25.8 Å². The molecule has 3 rings (SSSR count). The maximum Gasteiger partial charge on any atom is 0.177 e. The number of hydrogen-bond donors (Lipinski definition) is 0. The van der Waals surface area contributed by atoms with Crippen molar-refractivity contribution in [2.45, 2.75) is 18.8 Å². The molecule has 0 fully saturated rings. The van der Waals surface area contributed by atoms with E-state index in [2.05, 4.69) is 0 Å². The van der Waals surface area contributed by atoms with Crippen LogP contribution >= 0.6 is 0 Å². The van der Waals surface area contributed by atoms with Crippen LogP contribution in [0.5, 0.6) is 11.5 Å². The summed E-state index contributed by atoms with van der Waals surface area (Å²) >= 11 is 0. The van der Waals surface area contributed by atoms with Crippen molar-refractivity contribution in [3.63, 3.8) is 0 Å². The number of carbonyl (C=O) groups is 2. The Bertz CT molecular complexity index is 746. The van der Waals surface area contributed by atoms with Gasteiger partial charge < -0.3 is 9.47 Å². The first-order valence-corrected chi connectivity index (χ1v) is 7.52. The predicted octanol–water partition coefficient (Wildman–Crippen LogP) is 3.19. The van der Waals surface area contributed by atoms with Gasteiger partial charge in [0.2, 0.25) is 0 Å². The summed E-state index contributed by atoms with van der Waals surface area (Å²) in [5.41, 5.74) is 2.33. The van der Waals surface area contributed by atoms with Crippen molar-refractivity contribution in [1.29, 1.82) is 0 Å². The lowest BCUT2D eigenvalue weighted by molar-refractivity contribution is -0.119. The third kappa shape index (κ3) is 2.84. The molecule has 4 heteroatoms. The lowest BCUT2D eigenvalue weighted by Crippen LogP contribution is -2.27. The van der Waals surface area contributed by atoms with Crippen molar-refractivity contribution in [3.8, 4) is 11.5 Å². The highest BCUT2D eigenvalue weighted by molar-refractivity contribution is 6.15. The van der Waals surface area contributed by atoms with Gasteiger partial charge in [-0.05, 0) is 53.9 Å². The fourth-order valence-corrected chi connectivity index (χ4v) is 2.99. The van der Waals surface area contributed by atoms with E-state index >= 15 is 0 Å². The normalized spacial score (nSPS) is 16.6. The lowest BCUT2D eigenvalue weighted by atomic mass is 9.78. The molecule has 1 atom stereocenters. The number of methoxy groups -OCH3 is 2. The third-order valence-corrected chi connectivity index (χ3v) is 4.26. The molecule has 0 saturated carbocycles. The number of ether oxygens (including phenoxy) is 2. The van der Waals surface area contributed by atoms with Gasteiger partial charge in [0.25, 0.3) is 0 Å². The molecule has 0 saturated heterocycles. The number of carbonyl (C=O) groups excluding carboxylic acids is 2. The van der Waals surface area contributed by atoms with Crippen LogP contribution in [0.4, 0.5) is 0 Å². The fraction of sp³-hybridized carbons (Fsp3) is 0.263. The highest BCUT2D eigenvalue weighted by Crippen LogP contribution is 2.34. The zero-order valence-electron chi connectivity index (χ0n) is 13.2. The Hall–Kier alpha value is -2.62. The zero-order chi connectivity index (χ0) is 16.4. The zero-order valence-corrected chi connectivity index (χ0v) is 13.2. The summed E-state index contributed by atoms with van der Waals surface area (Å²) in [4.78, 5) is 25.2. The molecular formula is C19H18O4. The quantitative estimate of drug-likeness (QED) is 0.643. The van der Waals surface area contributed by atoms with Gasteiger partial charge in [0, 0.05) is 12.0 Å². The van der Waals surface area contributed by atoms with E-state index in [0.29, 0.717) is 24.2 Å². The first kappa shape index (κ1) is 15.3. The van der Waals surface area contributed by atoms with Gasteiger partial charge in [0.15, 0.2) is 5.78 Å². The number of benzene rings is 2. The van der Waals surface area contributed by atoms with E-state index in [1.807, 2.05) is 12.1 Å². The van der Waals surface area contributed by atoms with Crippen molar-refractivity contribution in [3.05, 3.63) is 59.2 Å². The van der Waals surface area contributed by atoms with E-state index in [0.717, 1.165) is 16.9 Å². The van der Waals surface area contributed by atoms with Crippen LogP contribution in [0.15, 0.2) is 42.5 Å². The summed E-state index contributed by atoms with van der Waals surface area (Å²) in [6, 6.07) is 12.4. The molecule has 23 heavy (non-hydrogen) atoms. The Morgan fingerprint density at radius 1 is 0.957 bits per heavy atom. The van der Waals surface area contributed by atoms with Gasteiger partial charge in [-0.2, -0.15) is 0 Å². The summed E-state index contributed by atoms with van der Waals surface area (Å²) in [6.45, 7) is 0. The number of rotatable bonds is 4. The van der Waals surface area contributed by atoms with Crippen molar-refractivity contribution >= 4 is 11.6 Å². The molecule has 1 aliphatic rings. The van der Waals surface area contributed by atoms with Gasteiger partial charge in [-0.1, -0.05) is 6.07 Å². The second-order valence-corrected chi connectivity index (χ2v) is 5.56. The summed E-state index contributed by atoms with van der Waals surface area (Å²) in [5.74, 6) is 0.515. The number of Topliss-reactive ketones (excluding diaryl/α,β-unsaturated/α-hetero) is 2. The van der Waals surface area contributed by atoms with E-state index in [4.69, 9.17) is 9.47 Å². The van der Waals surface area contributed by atoms with E-state index in [-0.39, 0.29) is 11.6 Å². The highest BCUT2D eigenvalue weighted by Gasteiger charge is 2.34. The molecule has 0 aliphatic heterocycles. The first-order chi connectivity index (χ1) is 11.1. The molecule has 0 aromatic heterocycles. The summed E-state index contributed by atoms with van der Waals surface area (Å²) in [6.07, 6.45) is 1.03. The Kier molecular flexibility index (Phi) is 4.15. The molecule has 0 amide bonds. The molecule has 0 spiro atoms. The standard InChI is InChI=1S/C19H18O4/c1-22-14-6-3-12(4-7-14)19(21)18-16-9-8-15(23-2)11-13(16)5-10-17(18)20/h3-4,6-9,11,18H,5,10H2,1-2H3. The van der Waals surface area contributed by atoms with Crippen LogP contribution in [0.3, 0.4) is 0 Å². The molecular weight excluding hydrogens is 292 g/mol. The van der Waals surface area contributed by atoms with Crippen molar-refractivity contribution in [2.24, 2.45) is 0 Å². The van der Waals surface area contributed by atoms with Gasteiger partial charge in [-0.25, -0.2) is 0 Å². The van der Waals surface area contributed by atoms with Crippen LogP contribution in [0.25, 0.3) is 0 Å². The number of hydrogen-bond acceptors (Lipinski definition) is 4. The molecule has 2 aromatic rings. The van der Waals surface area contributed by atoms with Crippen molar-refractivity contribution < 1.29 is 19.1 Å². The Morgan fingerprint density at radius 2 is 1.61 bits per heavy atom.